The summed E-state index contributed by atoms with van der Waals surface area (Å²) in [5, 5.41) is 8.45. The predicted octanol–water partition coefficient (Wildman–Crippen LogP) is 0.504. The summed E-state index contributed by atoms with van der Waals surface area (Å²) in [5.41, 5.74) is 4.91. The van der Waals surface area contributed by atoms with Crippen molar-refractivity contribution < 1.29 is 18.3 Å². The molecule has 0 saturated carbocycles. The largest absolute Gasteiger partial charge is 0.414 e. The third-order valence-electron chi connectivity index (χ3n) is 1.25. The van der Waals surface area contributed by atoms with Crippen molar-refractivity contribution in [3.63, 3.8) is 0 Å². The Bertz CT molecular complexity index is 104. The van der Waals surface area contributed by atoms with Gasteiger partial charge in [0.05, 0.1) is 0 Å². The Morgan fingerprint density at radius 1 is 1.50 bits per heavy atom. The van der Waals surface area contributed by atoms with Crippen LogP contribution in [0.4, 0.5) is 13.2 Å². The average Bonchev–Trinajstić information content (AvgIpc) is 1.83. The van der Waals surface area contributed by atoms with Crippen molar-refractivity contribution in [2.24, 2.45) is 11.7 Å². The Labute approximate surface area is 56.8 Å². The van der Waals surface area contributed by atoms with E-state index in [1.807, 2.05) is 0 Å². The summed E-state index contributed by atoms with van der Waals surface area (Å²) in [6, 6.07) is 0. The van der Waals surface area contributed by atoms with Crippen LogP contribution in [0.15, 0.2) is 0 Å². The van der Waals surface area contributed by atoms with Crippen LogP contribution in [0.5, 0.6) is 0 Å². The molecule has 0 radical (unpaired) electrons. The number of hydrogen-bond donors (Lipinski definition) is 2. The van der Waals surface area contributed by atoms with Gasteiger partial charge in [0, 0.05) is 5.92 Å². The van der Waals surface area contributed by atoms with Gasteiger partial charge in [-0.25, -0.2) is 0 Å². The van der Waals surface area contributed by atoms with Crippen molar-refractivity contribution in [2.75, 3.05) is 6.54 Å². The summed E-state index contributed by atoms with van der Waals surface area (Å²) in [6.45, 7) is 1.08. The maximum absolute atomic E-state index is 11.6. The molecular weight excluding hydrogens is 147 g/mol. The third-order valence-corrected chi connectivity index (χ3v) is 1.25. The van der Waals surface area contributed by atoms with Crippen molar-refractivity contribution in [3.8, 4) is 0 Å². The zero-order valence-electron chi connectivity index (χ0n) is 5.52. The first-order valence-electron chi connectivity index (χ1n) is 2.84. The minimum absolute atomic E-state index is 0.166. The Morgan fingerprint density at radius 3 is 2.00 bits per heavy atom. The molecule has 5 heteroatoms. The molecule has 3 N–H and O–H groups in total. The maximum Gasteiger partial charge on any atom is 0.414 e. The molecule has 0 aliphatic heterocycles. The summed E-state index contributed by atoms with van der Waals surface area (Å²) in [5.74, 6) is -0.931. The quantitative estimate of drug-likeness (QED) is 0.613. The molecule has 2 atom stereocenters. The van der Waals surface area contributed by atoms with Crippen LogP contribution >= 0.6 is 0 Å². The van der Waals surface area contributed by atoms with Gasteiger partial charge in [-0.3, -0.25) is 0 Å². The van der Waals surface area contributed by atoms with Gasteiger partial charge in [0.15, 0.2) is 6.10 Å². The molecular formula is C5H10F3NO. The lowest BCUT2D eigenvalue weighted by Gasteiger charge is -2.19. The molecule has 0 heterocycles. The predicted molar refractivity (Wildman–Crippen MR) is 30.3 cm³/mol. The molecule has 0 aromatic rings. The molecule has 0 fully saturated rings. The summed E-state index contributed by atoms with van der Waals surface area (Å²) in [6.07, 6.45) is -6.84. The molecule has 0 aliphatic carbocycles. The van der Waals surface area contributed by atoms with E-state index in [2.05, 4.69) is 0 Å². The normalized spacial score (nSPS) is 18.6. The van der Waals surface area contributed by atoms with Crippen LogP contribution in [-0.4, -0.2) is 23.9 Å². The Morgan fingerprint density at radius 2 is 1.90 bits per heavy atom. The van der Waals surface area contributed by atoms with Crippen LogP contribution in [-0.2, 0) is 0 Å². The first-order valence-corrected chi connectivity index (χ1v) is 2.84. The van der Waals surface area contributed by atoms with Gasteiger partial charge in [0.25, 0.3) is 0 Å². The van der Waals surface area contributed by atoms with Gasteiger partial charge in [-0.15, -0.1) is 0 Å². The monoisotopic (exact) mass is 157 g/mol. The van der Waals surface area contributed by atoms with E-state index in [1.54, 1.807) is 0 Å². The van der Waals surface area contributed by atoms with E-state index >= 15 is 0 Å². The fraction of sp³-hybridized carbons (Fsp3) is 1.00. The van der Waals surface area contributed by atoms with Crippen molar-refractivity contribution in [2.45, 2.75) is 19.2 Å². The number of aliphatic hydroxyl groups excluding tert-OH is 1. The molecule has 0 bridgehead atoms. The van der Waals surface area contributed by atoms with Gasteiger partial charge in [-0.2, -0.15) is 13.2 Å². The average molecular weight is 157 g/mol. The van der Waals surface area contributed by atoms with Crippen molar-refractivity contribution in [1.82, 2.24) is 0 Å². The maximum atomic E-state index is 11.6. The minimum atomic E-state index is -4.54. The minimum Gasteiger partial charge on any atom is -0.383 e. The molecule has 0 aromatic carbocycles. The first-order chi connectivity index (χ1) is 4.39. The molecule has 0 rings (SSSR count). The third kappa shape index (κ3) is 2.53. The van der Waals surface area contributed by atoms with E-state index in [-0.39, 0.29) is 6.54 Å². The van der Waals surface area contributed by atoms with Gasteiger partial charge >= 0.3 is 6.18 Å². The molecule has 10 heavy (non-hydrogen) atoms. The van der Waals surface area contributed by atoms with Crippen LogP contribution in [0, 0.1) is 5.92 Å². The molecule has 2 unspecified atom stereocenters. The summed E-state index contributed by atoms with van der Waals surface area (Å²) in [7, 11) is 0. The van der Waals surface area contributed by atoms with Crippen LogP contribution in [0.1, 0.15) is 6.92 Å². The lowest BCUT2D eigenvalue weighted by atomic mass is 10.1. The summed E-state index contributed by atoms with van der Waals surface area (Å²) in [4.78, 5) is 0. The number of alkyl halides is 3. The Hall–Kier alpha value is -0.290. The highest BCUT2D eigenvalue weighted by molar-refractivity contribution is 4.71. The number of halogens is 3. The molecule has 0 spiro atoms. The molecule has 0 aliphatic rings. The molecule has 0 saturated heterocycles. The zero-order chi connectivity index (χ0) is 8.36. The SMILES string of the molecule is CC(CN)C(O)C(F)(F)F. The van der Waals surface area contributed by atoms with E-state index < -0.39 is 18.2 Å². The van der Waals surface area contributed by atoms with Crippen LogP contribution in [0.3, 0.4) is 0 Å². The topological polar surface area (TPSA) is 46.2 Å². The number of nitrogens with two attached hydrogens (primary N) is 1. The fourth-order valence-electron chi connectivity index (χ4n) is 0.452. The van der Waals surface area contributed by atoms with Gasteiger partial charge in [0.2, 0.25) is 0 Å². The van der Waals surface area contributed by atoms with Gasteiger partial charge < -0.3 is 10.8 Å². The Kier molecular flexibility index (Phi) is 3.11. The summed E-state index contributed by atoms with van der Waals surface area (Å²) >= 11 is 0. The number of hydrogen-bond acceptors (Lipinski definition) is 2. The van der Waals surface area contributed by atoms with Gasteiger partial charge in [-0.05, 0) is 6.54 Å². The van der Waals surface area contributed by atoms with Crippen molar-refractivity contribution in [3.05, 3.63) is 0 Å². The van der Waals surface area contributed by atoms with Crippen molar-refractivity contribution >= 4 is 0 Å². The van der Waals surface area contributed by atoms with E-state index in [0.717, 1.165) is 0 Å². The molecule has 0 amide bonds. The second kappa shape index (κ2) is 3.21. The highest BCUT2D eigenvalue weighted by Crippen LogP contribution is 2.24. The fourth-order valence-corrected chi connectivity index (χ4v) is 0.452. The molecule has 2 nitrogen and oxygen atoms in total. The zero-order valence-corrected chi connectivity index (χ0v) is 5.52. The highest BCUT2D eigenvalue weighted by atomic mass is 19.4. The smallest absolute Gasteiger partial charge is 0.383 e. The van der Waals surface area contributed by atoms with Crippen LogP contribution < -0.4 is 5.73 Å². The van der Waals surface area contributed by atoms with E-state index in [4.69, 9.17) is 10.8 Å². The van der Waals surface area contributed by atoms with Crippen LogP contribution in [0.2, 0.25) is 0 Å². The van der Waals surface area contributed by atoms with E-state index in [9.17, 15) is 13.2 Å². The van der Waals surface area contributed by atoms with Gasteiger partial charge in [0.1, 0.15) is 0 Å². The van der Waals surface area contributed by atoms with Gasteiger partial charge in [-0.1, -0.05) is 6.92 Å². The summed E-state index contributed by atoms with van der Waals surface area (Å²) < 4.78 is 34.7. The lowest BCUT2D eigenvalue weighted by molar-refractivity contribution is -0.216. The lowest BCUT2D eigenvalue weighted by Crippen LogP contribution is -2.37. The molecule has 0 aromatic heterocycles. The second-order valence-electron chi connectivity index (χ2n) is 2.20. The second-order valence-corrected chi connectivity index (χ2v) is 2.20. The standard InChI is InChI=1S/C5H10F3NO/c1-3(2-9)4(10)5(6,7)8/h3-4,10H,2,9H2,1H3. The van der Waals surface area contributed by atoms with E-state index in [1.165, 1.54) is 6.92 Å². The first kappa shape index (κ1) is 9.71. The van der Waals surface area contributed by atoms with Crippen molar-refractivity contribution in [1.29, 1.82) is 0 Å². The number of aliphatic hydroxyl groups is 1. The Balaban J connectivity index is 3.94. The number of rotatable bonds is 2. The highest BCUT2D eigenvalue weighted by Gasteiger charge is 2.40. The molecule has 62 valence electrons. The van der Waals surface area contributed by atoms with E-state index in [0.29, 0.717) is 0 Å². The van der Waals surface area contributed by atoms with Crippen LogP contribution in [0.25, 0.3) is 0 Å².